The molecule has 0 radical (unpaired) electrons. The van der Waals surface area contributed by atoms with Crippen LogP contribution >= 0.6 is 27.7 Å². The third kappa shape index (κ3) is 4.76. The Kier molecular flexibility index (Phi) is 6.67. The van der Waals surface area contributed by atoms with Gasteiger partial charge in [0.25, 0.3) is 11.1 Å². The molecule has 8 heteroatoms. The van der Waals surface area contributed by atoms with E-state index in [0.29, 0.717) is 10.6 Å². The molecule has 6 nitrogen and oxygen atoms in total. The number of rotatable bonds is 5. The summed E-state index contributed by atoms with van der Waals surface area (Å²) in [7, 11) is 3.88. The Bertz CT molecular complexity index is 1070. The van der Waals surface area contributed by atoms with E-state index in [-0.39, 0.29) is 6.54 Å². The lowest BCUT2D eigenvalue weighted by Gasteiger charge is -2.15. The van der Waals surface area contributed by atoms with Crippen LogP contribution in [0.3, 0.4) is 0 Å². The smallest absolute Gasteiger partial charge is 0.294 e. The van der Waals surface area contributed by atoms with Gasteiger partial charge < -0.3 is 10.2 Å². The topological polar surface area (TPSA) is 69.7 Å². The Hall–Kier alpha value is -2.58. The number of nitrogens with one attached hydrogen (secondary N) is 1. The molecule has 2 aromatic carbocycles. The first-order valence-corrected chi connectivity index (χ1v) is 10.9. The number of hydrogen-bond donors (Lipinski definition) is 1. The van der Waals surface area contributed by atoms with Crippen molar-refractivity contribution >= 4 is 62.2 Å². The molecule has 0 aromatic heterocycles. The summed E-state index contributed by atoms with van der Waals surface area (Å²) < 4.78 is 0.883. The van der Waals surface area contributed by atoms with Gasteiger partial charge >= 0.3 is 0 Å². The van der Waals surface area contributed by atoms with Gasteiger partial charge in [-0.1, -0.05) is 18.2 Å². The second-order valence-corrected chi connectivity index (χ2v) is 9.02. The van der Waals surface area contributed by atoms with Crippen molar-refractivity contribution in [2.75, 3.05) is 30.9 Å². The fourth-order valence-corrected chi connectivity index (χ4v) is 4.57. The third-order valence-electron chi connectivity index (χ3n) is 4.81. The van der Waals surface area contributed by atoms with Crippen LogP contribution in [0.2, 0.25) is 0 Å². The van der Waals surface area contributed by atoms with Crippen molar-refractivity contribution in [2.45, 2.75) is 13.8 Å². The van der Waals surface area contributed by atoms with E-state index in [1.54, 1.807) is 12.1 Å². The molecular weight excluding hydrogens is 466 g/mol. The summed E-state index contributed by atoms with van der Waals surface area (Å²) in [5.41, 5.74) is 4.47. The van der Waals surface area contributed by atoms with Crippen LogP contribution in [-0.4, -0.2) is 42.6 Å². The largest absolute Gasteiger partial charge is 0.377 e. The number of aryl methyl sites for hydroxylation is 1. The second kappa shape index (κ2) is 9.06. The lowest BCUT2D eigenvalue weighted by Crippen LogP contribution is -2.36. The van der Waals surface area contributed by atoms with E-state index in [2.05, 4.69) is 21.2 Å². The minimum atomic E-state index is -0.464. The number of halogens is 1. The lowest BCUT2D eigenvalue weighted by molar-refractivity contribution is -0.127. The summed E-state index contributed by atoms with van der Waals surface area (Å²) in [5.74, 6) is -0.876. The van der Waals surface area contributed by atoms with Gasteiger partial charge in [0, 0.05) is 24.3 Å². The number of anilines is 2. The Morgan fingerprint density at radius 1 is 1.20 bits per heavy atom. The predicted molar refractivity (Wildman–Crippen MR) is 126 cm³/mol. The molecule has 0 spiro atoms. The van der Waals surface area contributed by atoms with Crippen molar-refractivity contribution < 1.29 is 14.4 Å². The zero-order valence-corrected chi connectivity index (χ0v) is 19.6. The van der Waals surface area contributed by atoms with Crippen LogP contribution < -0.4 is 10.2 Å². The van der Waals surface area contributed by atoms with Crippen molar-refractivity contribution in [3.8, 4) is 0 Å². The zero-order chi connectivity index (χ0) is 22.0. The number of hydrogen-bond acceptors (Lipinski definition) is 5. The lowest BCUT2D eigenvalue weighted by atomic mass is 10.1. The molecule has 1 aliphatic rings. The molecule has 0 saturated carbocycles. The first-order valence-electron chi connectivity index (χ1n) is 9.25. The Balaban J connectivity index is 1.73. The zero-order valence-electron chi connectivity index (χ0n) is 17.2. The molecule has 1 heterocycles. The molecule has 3 amide bonds. The molecule has 156 valence electrons. The summed E-state index contributed by atoms with van der Waals surface area (Å²) in [6.45, 7) is 3.54. The average Bonchev–Trinajstić information content (AvgIpc) is 2.92. The highest BCUT2D eigenvalue weighted by Crippen LogP contribution is 2.33. The SMILES string of the molecule is Cc1cccc(NC(=O)CN2C(=O)S/C(=C\c3ccc(N(C)C)c(Br)c3)C2=O)c1C. The summed E-state index contributed by atoms with van der Waals surface area (Å²) in [4.78, 5) is 40.7. The Morgan fingerprint density at radius 3 is 2.60 bits per heavy atom. The second-order valence-electron chi connectivity index (χ2n) is 7.17. The Morgan fingerprint density at radius 2 is 1.93 bits per heavy atom. The first-order chi connectivity index (χ1) is 14.2. The van der Waals surface area contributed by atoms with Crippen molar-refractivity contribution in [1.29, 1.82) is 0 Å². The van der Waals surface area contributed by atoms with Gasteiger partial charge in [-0.05, 0) is 82.5 Å². The molecule has 30 heavy (non-hydrogen) atoms. The molecule has 3 rings (SSSR count). The van der Waals surface area contributed by atoms with E-state index in [9.17, 15) is 14.4 Å². The molecule has 0 bridgehead atoms. The third-order valence-corrected chi connectivity index (χ3v) is 6.35. The van der Waals surface area contributed by atoms with E-state index in [4.69, 9.17) is 0 Å². The number of thioether (sulfide) groups is 1. The maximum Gasteiger partial charge on any atom is 0.294 e. The molecule has 0 atom stereocenters. The molecule has 1 saturated heterocycles. The fourth-order valence-electron chi connectivity index (χ4n) is 2.98. The predicted octanol–water partition coefficient (Wildman–Crippen LogP) is 4.81. The number of amides is 3. The van der Waals surface area contributed by atoms with Gasteiger partial charge in [-0.3, -0.25) is 19.3 Å². The molecule has 0 unspecified atom stereocenters. The van der Waals surface area contributed by atoms with Crippen LogP contribution in [0.4, 0.5) is 16.2 Å². The Labute approximate surface area is 188 Å². The van der Waals surface area contributed by atoms with Gasteiger partial charge in [0.05, 0.1) is 10.6 Å². The fraction of sp³-hybridized carbons (Fsp3) is 0.227. The first kappa shape index (κ1) is 22.1. The highest BCUT2D eigenvalue weighted by Gasteiger charge is 2.36. The van der Waals surface area contributed by atoms with E-state index < -0.39 is 17.1 Å². The standard InChI is InChI=1S/C22H22BrN3O3S/c1-13-6-5-7-17(14(13)2)24-20(27)12-26-21(28)19(30-22(26)29)11-15-8-9-18(25(3)4)16(23)10-15/h5-11H,12H2,1-4H3,(H,24,27)/b19-11-. The number of imide groups is 1. The average molecular weight is 488 g/mol. The van der Waals surface area contributed by atoms with Crippen molar-refractivity contribution in [3.05, 3.63) is 62.5 Å². The van der Waals surface area contributed by atoms with Gasteiger partial charge in [0.1, 0.15) is 6.54 Å². The van der Waals surface area contributed by atoms with Crippen molar-refractivity contribution in [1.82, 2.24) is 4.90 Å². The van der Waals surface area contributed by atoms with Gasteiger partial charge in [-0.2, -0.15) is 0 Å². The van der Waals surface area contributed by atoms with E-state index >= 15 is 0 Å². The summed E-state index contributed by atoms with van der Waals surface area (Å²) in [6.07, 6.45) is 1.66. The summed E-state index contributed by atoms with van der Waals surface area (Å²) in [6, 6.07) is 11.3. The van der Waals surface area contributed by atoms with Gasteiger partial charge in [0.15, 0.2) is 0 Å². The molecular formula is C22H22BrN3O3S. The monoisotopic (exact) mass is 487 g/mol. The molecule has 1 fully saturated rings. The van der Waals surface area contributed by atoms with Crippen molar-refractivity contribution in [3.63, 3.8) is 0 Å². The van der Waals surface area contributed by atoms with E-state index in [1.807, 2.05) is 63.2 Å². The summed E-state index contributed by atoms with van der Waals surface area (Å²) >= 11 is 4.36. The molecule has 1 aliphatic heterocycles. The van der Waals surface area contributed by atoms with Crippen LogP contribution in [0.5, 0.6) is 0 Å². The number of nitrogens with zero attached hydrogens (tertiary/aromatic N) is 2. The van der Waals surface area contributed by atoms with Crippen LogP contribution in [-0.2, 0) is 9.59 Å². The number of benzene rings is 2. The van der Waals surface area contributed by atoms with Gasteiger partial charge in [-0.15, -0.1) is 0 Å². The minimum absolute atomic E-state index is 0.295. The van der Waals surface area contributed by atoms with Crippen LogP contribution in [0.25, 0.3) is 6.08 Å². The van der Waals surface area contributed by atoms with Gasteiger partial charge in [-0.25, -0.2) is 0 Å². The van der Waals surface area contributed by atoms with Crippen molar-refractivity contribution in [2.24, 2.45) is 0 Å². The highest BCUT2D eigenvalue weighted by atomic mass is 79.9. The molecule has 1 N–H and O–H groups in total. The van der Waals surface area contributed by atoms with Gasteiger partial charge in [0.2, 0.25) is 5.91 Å². The van der Waals surface area contributed by atoms with E-state index in [1.165, 1.54) is 0 Å². The normalized spacial score (nSPS) is 15.1. The summed E-state index contributed by atoms with van der Waals surface area (Å²) in [5, 5.41) is 2.33. The number of carbonyl (C=O) groups excluding carboxylic acids is 3. The maximum absolute atomic E-state index is 12.7. The minimum Gasteiger partial charge on any atom is -0.377 e. The maximum atomic E-state index is 12.7. The quantitative estimate of drug-likeness (QED) is 0.612. The van der Waals surface area contributed by atoms with Crippen LogP contribution in [0.1, 0.15) is 16.7 Å². The highest BCUT2D eigenvalue weighted by molar-refractivity contribution is 9.10. The number of carbonyl (C=O) groups is 3. The molecule has 0 aliphatic carbocycles. The molecule has 2 aromatic rings. The van der Waals surface area contributed by atoms with Crippen LogP contribution in [0.15, 0.2) is 45.8 Å². The van der Waals surface area contributed by atoms with Crippen LogP contribution in [0, 0.1) is 13.8 Å². The van der Waals surface area contributed by atoms with E-state index in [0.717, 1.165) is 43.5 Å².